The molecule has 1 atom stereocenters. The molecule has 3 heteroatoms. The zero-order valence-electron chi connectivity index (χ0n) is 13.5. The summed E-state index contributed by atoms with van der Waals surface area (Å²) in [5.74, 6) is 1.79. The molecule has 0 saturated heterocycles. The van der Waals surface area contributed by atoms with E-state index in [0.29, 0.717) is 5.75 Å². The van der Waals surface area contributed by atoms with Crippen molar-refractivity contribution in [2.24, 2.45) is 0 Å². The number of unbranched alkanes of at least 4 members (excludes halogenated alkanes) is 11. The van der Waals surface area contributed by atoms with E-state index in [9.17, 15) is 5.11 Å². The van der Waals surface area contributed by atoms with Gasteiger partial charge in [0.05, 0.1) is 12.7 Å². The molecule has 0 aliphatic heterocycles. The lowest BCUT2D eigenvalue weighted by Crippen LogP contribution is -2.14. The SMILES string of the molecule is CCCCCCCCCCCCCCSC[C@@H](O)CO. The maximum atomic E-state index is 9.18. The van der Waals surface area contributed by atoms with Crippen LogP contribution < -0.4 is 0 Å². The highest BCUT2D eigenvalue weighted by atomic mass is 32.2. The Morgan fingerprint density at radius 1 is 0.750 bits per heavy atom. The number of hydrogen-bond acceptors (Lipinski definition) is 3. The second-order valence-corrected chi connectivity index (χ2v) is 6.95. The molecule has 0 aromatic heterocycles. The van der Waals surface area contributed by atoms with Crippen molar-refractivity contribution >= 4 is 11.8 Å². The highest BCUT2D eigenvalue weighted by Crippen LogP contribution is 2.13. The number of thioether (sulfide) groups is 1. The van der Waals surface area contributed by atoms with Crippen LogP contribution in [-0.2, 0) is 0 Å². The van der Waals surface area contributed by atoms with E-state index in [2.05, 4.69) is 6.92 Å². The third kappa shape index (κ3) is 16.3. The first-order valence-electron chi connectivity index (χ1n) is 8.68. The van der Waals surface area contributed by atoms with Crippen molar-refractivity contribution in [2.75, 3.05) is 18.1 Å². The maximum Gasteiger partial charge on any atom is 0.0861 e. The van der Waals surface area contributed by atoms with Gasteiger partial charge in [0.2, 0.25) is 0 Å². The minimum absolute atomic E-state index is 0.106. The van der Waals surface area contributed by atoms with Gasteiger partial charge < -0.3 is 10.2 Å². The fourth-order valence-corrected chi connectivity index (χ4v) is 3.27. The number of rotatable bonds is 16. The van der Waals surface area contributed by atoms with Crippen LogP contribution >= 0.6 is 11.8 Å². The Balaban J connectivity index is 2.96. The Hall–Kier alpha value is 0.270. The lowest BCUT2D eigenvalue weighted by molar-refractivity contribution is 0.113. The predicted molar refractivity (Wildman–Crippen MR) is 91.5 cm³/mol. The van der Waals surface area contributed by atoms with Gasteiger partial charge in [0.25, 0.3) is 0 Å². The molecule has 0 amide bonds. The van der Waals surface area contributed by atoms with Gasteiger partial charge in [-0.05, 0) is 12.2 Å². The molecule has 0 aromatic carbocycles. The van der Waals surface area contributed by atoms with Crippen LogP contribution in [0.25, 0.3) is 0 Å². The fraction of sp³-hybridized carbons (Fsp3) is 1.00. The van der Waals surface area contributed by atoms with Gasteiger partial charge in [0, 0.05) is 5.75 Å². The highest BCUT2D eigenvalue weighted by molar-refractivity contribution is 7.99. The standard InChI is InChI=1S/C17H36O2S/c1-2-3-4-5-6-7-8-9-10-11-12-13-14-20-16-17(19)15-18/h17-19H,2-16H2,1H3/t17-/m0/s1. The largest absolute Gasteiger partial charge is 0.394 e. The predicted octanol–water partition coefficient (Wildman–Crippen LogP) is 4.77. The van der Waals surface area contributed by atoms with Gasteiger partial charge in [0.1, 0.15) is 0 Å². The summed E-state index contributed by atoms with van der Waals surface area (Å²) in [5, 5.41) is 17.9. The first kappa shape index (κ1) is 20.3. The van der Waals surface area contributed by atoms with E-state index < -0.39 is 6.10 Å². The normalized spacial score (nSPS) is 12.8. The molecule has 0 saturated carbocycles. The van der Waals surface area contributed by atoms with Crippen molar-refractivity contribution in [3.05, 3.63) is 0 Å². The zero-order valence-corrected chi connectivity index (χ0v) is 14.3. The first-order chi connectivity index (χ1) is 9.81. The summed E-state index contributed by atoms with van der Waals surface area (Å²) >= 11 is 1.76. The van der Waals surface area contributed by atoms with Crippen molar-refractivity contribution in [1.29, 1.82) is 0 Å². The topological polar surface area (TPSA) is 40.5 Å². The fourth-order valence-electron chi connectivity index (χ4n) is 2.32. The summed E-state index contributed by atoms with van der Waals surface area (Å²) in [4.78, 5) is 0. The van der Waals surface area contributed by atoms with Crippen LogP contribution in [0.5, 0.6) is 0 Å². The summed E-state index contributed by atoms with van der Waals surface area (Å²) in [6.07, 6.45) is 16.1. The second-order valence-electron chi connectivity index (χ2n) is 5.80. The van der Waals surface area contributed by atoms with Gasteiger partial charge in [-0.3, -0.25) is 0 Å². The summed E-state index contributed by atoms with van der Waals surface area (Å²) in [5.41, 5.74) is 0. The minimum atomic E-state index is -0.530. The average Bonchev–Trinajstić information content (AvgIpc) is 2.47. The Morgan fingerprint density at radius 3 is 1.65 bits per heavy atom. The molecule has 0 aliphatic carbocycles. The molecule has 0 bridgehead atoms. The molecule has 122 valence electrons. The molecule has 0 aliphatic rings. The van der Waals surface area contributed by atoms with Crippen molar-refractivity contribution in [3.8, 4) is 0 Å². The third-order valence-corrected chi connectivity index (χ3v) is 4.86. The van der Waals surface area contributed by atoms with Crippen LogP contribution in [0.1, 0.15) is 84.0 Å². The molecular formula is C17H36O2S. The smallest absolute Gasteiger partial charge is 0.0861 e. The lowest BCUT2D eigenvalue weighted by atomic mass is 10.1. The second kappa shape index (κ2) is 17.3. The maximum absolute atomic E-state index is 9.18. The summed E-state index contributed by atoms with van der Waals surface area (Å²) in [6.45, 7) is 2.17. The quantitative estimate of drug-likeness (QED) is 0.403. The Labute approximate surface area is 130 Å². The van der Waals surface area contributed by atoms with E-state index in [4.69, 9.17) is 5.11 Å². The van der Waals surface area contributed by atoms with E-state index in [-0.39, 0.29) is 6.61 Å². The van der Waals surface area contributed by atoms with Gasteiger partial charge in [-0.15, -0.1) is 0 Å². The van der Waals surface area contributed by atoms with Crippen LogP contribution in [0, 0.1) is 0 Å². The molecule has 0 heterocycles. The molecule has 2 N–H and O–H groups in total. The van der Waals surface area contributed by atoms with Gasteiger partial charge in [-0.2, -0.15) is 11.8 Å². The molecule has 0 radical (unpaired) electrons. The zero-order chi connectivity index (χ0) is 14.9. The van der Waals surface area contributed by atoms with E-state index in [1.54, 1.807) is 11.8 Å². The average molecular weight is 305 g/mol. The number of hydrogen-bond donors (Lipinski definition) is 2. The summed E-state index contributed by atoms with van der Waals surface area (Å²) in [6, 6.07) is 0. The van der Waals surface area contributed by atoms with Crippen molar-refractivity contribution < 1.29 is 10.2 Å². The van der Waals surface area contributed by atoms with Crippen molar-refractivity contribution in [1.82, 2.24) is 0 Å². The van der Waals surface area contributed by atoms with E-state index >= 15 is 0 Å². The molecule has 0 spiro atoms. The van der Waals surface area contributed by atoms with Gasteiger partial charge in [-0.25, -0.2) is 0 Å². The molecular weight excluding hydrogens is 268 g/mol. The molecule has 0 aromatic rings. The van der Waals surface area contributed by atoms with E-state index in [1.807, 2.05) is 0 Å². The van der Waals surface area contributed by atoms with Crippen LogP contribution in [0.2, 0.25) is 0 Å². The van der Waals surface area contributed by atoms with Gasteiger partial charge in [0.15, 0.2) is 0 Å². The number of aliphatic hydroxyl groups is 2. The Kier molecular flexibility index (Phi) is 17.6. The highest BCUT2D eigenvalue weighted by Gasteiger charge is 2.00. The van der Waals surface area contributed by atoms with Crippen LogP contribution in [0.4, 0.5) is 0 Å². The van der Waals surface area contributed by atoms with Crippen LogP contribution in [-0.4, -0.2) is 34.4 Å². The van der Waals surface area contributed by atoms with Crippen molar-refractivity contribution in [2.45, 2.75) is 90.1 Å². The minimum Gasteiger partial charge on any atom is -0.394 e. The van der Waals surface area contributed by atoms with Crippen LogP contribution in [0.15, 0.2) is 0 Å². The number of aliphatic hydroxyl groups excluding tert-OH is 2. The molecule has 2 nitrogen and oxygen atoms in total. The summed E-state index contributed by atoms with van der Waals surface area (Å²) in [7, 11) is 0. The molecule has 0 fully saturated rings. The van der Waals surface area contributed by atoms with E-state index in [0.717, 1.165) is 5.75 Å². The Morgan fingerprint density at radius 2 is 1.20 bits per heavy atom. The summed E-state index contributed by atoms with van der Waals surface area (Å²) < 4.78 is 0. The monoisotopic (exact) mass is 304 g/mol. The van der Waals surface area contributed by atoms with E-state index in [1.165, 1.54) is 77.0 Å². The Bertz CT molecular complexity index is 176. The van der Waals surface area contributed by atoms with Gasteiger partial charge >= 0.3 is 0 Å². The lowest BCUT2D eigenvalue weighted by Gasteiger charge is -2.06. The van der Waals surface area contributed by atoms with Crippen molar-refractivity contribution in [3.63, 3.8) is 0 Å². The van der Waals surface area contributed by atoms with Crippen LogP contribution in [0.3, 0.4) is 0 Å². The third-order valence-electron chi connectivity index (χ3n) is 3.66. The molecule has 20 heavy (non-hydrogen) atoms. The first-order valence-corrected chi connectivity index (χ1v) is 9.83. The molecule has 0 rings (SSSR count). The van der Waals surface area contributed by atoms with Gasteiger partial charge in [-0.1, -0.05) is 77.6 Å². The molecule has 0 unspecified atom stereocenters.